The summed E-state index contributed by atoms with van der Waals surface area (Å²) in [6, 6.07) is 4.30. The van der Waals surface area contributed by atoms with Crippen LogP contribution in [-0.4, -0.2) is 19.0 Å². The molecule has 1 heterocycles. The quantitative estimate of drug-likeness (QED) is 0.894. The van der Waals surface area contributed by atoms with Crippen molar-refractivity contribution in [1.29, 1.82) is 0 Å². The van der Waals surface area contributed by atoms with Gasteiger partial charge in [0.1, 0.15) is 5.82 Å². The van der Waals surface area contributed by atoms with E-state index in [1.807, 2.05) is 0 Å². The van der Waals surface area contributed by atoms with E-state index >= 15 is 0 Å². The van der Waals surface area contributed by atoms with Gasteiger partial charge in [-0.05, 0) is 56.0 Å². The van der Waals surface area contributed by atoms with Gasteiger partial charge in [-0.15, -0.1) is 0 Å². The molecule has 1 aromatic carbocycles. The number of benzene rings is 1. The third-order valence-corrected chi connectivity index (χ3v) is 4.21. The molecule has 1 aromatic rings. The maximum atomic E-state index is 13.3. The van der Waals surface area contributed by atoms with Crippen LogP contribution < -0.4 is 10.6 Å². The Hall–Kier alpha value is -1.13. The van der Waals surface area contributed by atoms with Crippen LogP contribution in [0.3, 0.4) is 0 Å². The van der Waals surface area contributed by atoms with E-state index in [-0.39, 0.29) is 10.9 Å². The first-order valence-electron chi connectivity index (χ1n) is 7.02. The van der Waals surface area contributed by atoms with Crippen molar-refractivity contribution in [3.05, 3.63) is 29.0 Å². The number of halogens is 2. The van der Waals surface area contributed by atoms with Gasteiger partial charge >= 0.3 is 0 Å². The van der Waals surface area contributed by atoms with E-state index in [0.717, 1.165) is 25.9 Å². The molecule has 110 valence electrons. The predicted molar refractivity (Wildman–Crippen MR) is 79.4 cm³/mol. The smallest absolute Gasteiger partial charge is 0.224 e. The van der Waals surface area contributed by atoms with Gasteiger partial charge in [0, 0.05) is 12.1 Å². The van der Waals surface area contributed by atoms with Crippen molar-refractivity contribution in [1.82, 2.24) is 5.32 Å². The van der Waals surface area contributed by atoms with Crippen molar-refractivity contribution in [3.8, 4) is 0 Å². The van der Waals surface area contributed by atoms with Gasteiger partial charge in [-0.2, -0.15) is 0 Å². The van der Waals surface area contributed by atoms with Crippen molar-refractivity contribution in [2.45, 2.75) is 26.2 Å². The van der Waals surface area contributed by atoms with E-state index in [9.17, 15) is 9.18 Å². The Morgan fingerprint density at radius 3 is 2.85 bits per heavy atom. The largest absolute Gasteiger partial charge is 0.326 e. The maximum absolute atomic E-state index is 13.3. The summed E-state index contributed by atoms with van der Waals surface area (Å²) in [4.78, 5) is 12.0. The summed E-state index contributed by atoms with van der Waals surface area (Å²) in [6.45, 7) is 4.16. The van der Waals surface area contributed by atoms with E-state index in [0.29, 0.717) is 23.9 Å². The molecule has 20 heavy (non-hydrogen) atoms. The lowest BCUT2D eigenvalue weighted by Gasteiger charge is -2.27. The van der Waals surface area contributed by atoms with Crippen LogP contribution in [0.1, 0.15) is 26.2 Å². The first-order chi connectivity index (χ1) is 9.56. The van der Waals surface area contributed by atoms with Crippen LogP contribution in [0.25, 0.3) is 0 Å². The zero-order valence-electron chi connectivity index (χ0n) is 11.6. The monoisotopic (exact) mass is 298 g/mol. The van der Waals surface area contributed by atoms with Gasteiger partial charge in [0.25, 0.3) is 0 Å². The molecule has 1 amide bonds. The summed E-state index contributed by atoms with van der Waals surface area (Å²) in [6.07, 6.45) is 2.70. The van der Waals surface area contributed by atoms with E-state index in [2.05, 4.69) is 17.6 Å². The second kappa shape index (κ2) is 7.04. The molecule has 0 radical (unpaired) electrons. The van der Waals surface area contributed by atoms with Crippen molar-refractivity contribution in [2.24, 2.45) is 11.8 Å². The normalized spacial score (nSPS) is 17.8. The molecule has 0 aromatic heterocycles. The maximum Gasteiger partial charge on any atom is 0.224 e. The highest BCUT2D eigenvalue weighted by Crippen LogP contribution is 2.25. The molecule has 0 saturated carbocycles. The van der Waals surface area contributed by atoms with Crippen molar-refractivity contribution in [3.63, 3.8) is 0 Å². The molecule has 5 heteroatoms. The topological polar surface area (TPSA) is 41.1 Å². The van der Waals surface area contributed by atoms with Gasteiger partial charge in [-0.3, -0.25) is 4.79 Å². The summed E-state index contributed by atoms with van der Waals surface area (Å²) in [5, 5.41) is 6.11. The van der Waals surface area contributed by atoms with Gasteiger partial charge in [0.15, 0.2) is 0 Å². The van der Waals surface area contributed by atoms with E-state index < -0.39 is 5.82 Å². The number of carbonyl (C=O) groups excluding carboxylic acids is 1. The highest BCUT2D eigenvalue weighted by atomic mass is 35.5. The van der Waals surface area contributed by atoms with Gasteiger partial charge in [-0.25, -0.2) is 4.39 Å². The minimum Gasteiger partial charge on any atom is -0.326 e. The molecule has 1 atom stereocenters. The number of hydrogen-bond acceptors (Lipinski definition) is 2. The van der Waals surface area contributed by atoms with Crippen LogP contribution in [-0.2, 0) is 4.79 Å². The van der Waals surface area contributed by atoms with E-state index in [1.165, 1.54) is 12.1 Å². The lowest BCUT2D eigenvalue weighted by Crippen LogP contribution is -2.32. The van der Waals surface area contributed by atoms with Crippen molar-refractivity contribution >= 4 is 23.2 Å². The van der Waals surface area contributed by atoms with Crippen LogP contribution in [0.15, 0.2) is 18.2 Å². The molecule has 1 aliphatic heterocycles. The highest BCUT2D eigenvalue weighted by molar-refractivity contribution is 6.30. The van der Waals surface area contributed by atoms with Gasteiger partial charge in [0.05, 0.1) is 5.02 Å². The average Bonchev–Trinajstić information content (AvgIpc) is 2.44. The highest BCUT2D eigenvalue weighted by Gasteiger charge is 2.22. The Bertz CT molecular complexity index is 475. The molecule has 0 spiro atoms. The Morgan fingerprint density at radius 1 is 1.50 bits per heavy atom. The summed E-state index contributed by atoms with van der Waals surface area (Å²) >= 11 is 5.61. The summed E-state index contributed by atoms with van der Waals surface area (Å²) in [5.74, 6) is 0.340. The summed E-state index contributed by atoms with van der Waals surface area (Å²) < 4.78 is 13.3. The first kappa shape index (κ1) is 15.3. The Labute approximate surface area is 123 Å². The Kier molecular flexibility index (Phi) is 5.38. The van der Waals surface area contributed by atoms with Gasteiger partial charge < -0.3 is 10.6 Å². The Morgan fingerprint density at radius 2 is 2.20 bits per heavy atom. The standard InChI is InChI=1S/C15H20ClFN2O/c1-10(11-4-6-18-7-5-11)8-15(20)19-12-2-3-13(16)14(17)9-12/h2-3,9-11,18H,4-8H2,1H3,(H,19,20). The number of nitrogens with one attached hydrogen (secondary N) is 2. The molecular weight excluding hydrogens is 279 g/mol. The fourth-order valence-electron chi connectivity index (χ4n) is 2.66. The third-order valence-electron chi connectivity index (χ3n) is 3.90. The van der Waals surface area contributed by atoms with E-state index in [1.54, 1.807) is 6.07 Å². The molecule has 0 aliphatic carbocycles. The van der Waals surface area contributed by atoms with Gasteiger partial charge in [0.2, 0.25) is 5.91 Å². The molecular formula is C15H20ClFN2O. The van der Waals surface area contributed by atoms with Crippen molar-refractivity contribution in [2.75, 3.05) is 18.4 Å². The average molecular weight is 299 g/mol. The van der Waals surface area contributed by atoms with Crippen LogP contribution in [0.5, 0.6) is 0 Å². The molecule has 1 saturated heterocycles. The molecule has 0 bridgehead atoms. The lowest BCUT2D eigenvalue weighted by molar-refractivity contribution is -0.117. The van der Waals surface area contributed by atoms with Crippen LogP contribution in [0.4, 0.5) is 10.1 Å². The zero-order valence-corrected chi connectivity index (χ0v) is 12.3. The lowest BCUT2D eigenvalue weighted by atomic mass is 9.84. The predicted octanol–water partition coefficient (Wildman–Crippen LogP) is 3.44. The number of piperidine rings is 1. The van der Waals surface area contributed by atoms with Crippen LogP contribution in [0.2, 0.25) is 5.02 Å². The molecule has 1 unspecified atom stereocenters. The minimum atomic E-state index is -0.518. The number of anilines is 1. The first-order valence-corrected chi connectivity index (χ1v) is 7.39. The molecule has 2 N–H and O–H groups in total. The Balaban J connectivity index is 1.86. The van der Waals surface area contributed by atoms with Crippen molar-refractivity contribution < 1.29 is 9.18 Å². The second-order valence-corrected chi connectivity index (χ2v) is 5.85. The molecule has 1 fully saturated rings. The van der Waals surface area contributed by atoms with Gasteiger partial charge in [-0.1, -0.05) is 18.5 Å². The summed E-state index contributed by atoms with van der Waals surface area (Å²) in [7, 11) is 0. The third kappa shape index (κ3) is 4.18. The molecule has 2 rings (SSSR count). The fraction of sp³-hybridized carbons (Fsp3) is 0.533. The van der Waals surface area contributed by atoms with E-state index in [4.69, 9.17) is 11.6 Å². The zero-order chi connectivity index (χ0) is 14.5. The number of amides is 1. The second-order valence-electron chi connectivity index (χ2n) is 5.45. The number of rotatable bonds is 4. The van der Waals surface area contributed by atoms with Crippen LogP contribution >= 0.6 is 11.6 Å². The SMILES string of the molecule is CC(CC(=O)Nc1ccc(Cl)c(F)c1)C1CCNCC1. The fourth-order valence-corrected chi connectivity index (χ4v) is 2.78. The minimum absolute atomic E-state index is 0.0612. The number of hydrogen-bond donors (Lipinski definition) is 2. The summed E-state index contributed by atoms with van der Waals surface area (Å²) in [5.41, 5.74) is 0.453. The molecule has 1 aliphatic rings. The number of carbonyl (C=O) groups is 1. The van der Waals surface area contributed by atoms with Crippen LogP contribution in [0, 0.1) is 17.7 Å². The molecule has 3 nitrogen and oxygen atoms in total.